The second kappa shape index (κ2) is 5.18. The zero-order valence-electron chi connectivity index (χ0n) is 7.18. The summed E-state index contributed by atoms with van der Waals surface area (Å²) < 4.78 is 0. The largest absolute Gasteiger partial charge is 0.202 e. The summed E-state index contributed by atoms with van der Waals surface area (Å²) in [7, 11) is 0. The molecule has 0 bridgehead atoms. The lowest BCUT2D eigenvalue weighted by Gasteiger charge is -1.89. The molecular formula is C10H6N2S2. The quantitative estimate of drug-likeness (QED) is 0.735. The minimum atomic E-state index is 0.780. The Kier molecular flexibility index (Phi) is 3.87. The van der Waals surface area contributed by atoms with Crippen molar-refractivity contribution in [1.82, 2.24) is 0 Å². The molecule has 14 heavy (non-hydrogen) atoms. The first-order valence-corrected chi connectivity index (χ1v) is 5.45. The second-order valence-corrected chi connectivity index (χ2v) is 4.12. The highest BCUT2D eigenvalue weighted by atomic mass is 32.1. The van der Waals surface area contributed by atoms with Crippen LogP contribution in [0.2, 0.25) is 0 Å². The minimum absolute atomic E-state index is 0.780. The van der Waals surface area contributed by atoms with Crippen LogP contribution < -0.4 is 0 Å². The molecule has 0 amide bonds. The Morgan fingerprint density at radius 1 is 1.14 bits per heavy atom. The van der Waals surface area contributed by atoms with E-state index in [0.29, 0.717) is 0 Å². The molecule has 0 atom stereocenters. The molecule has 68 valence electrons. The van der Waals surface area contributed by atoms with Crippen molar-refractivity contribution in [2.24, 2.45) is 0 Å². The predicted octanol–water partition coefficient (Wildman–Crippen LogP) is 3.49. The maximum atomic E-state index is 8.77. The van der Waals surface area contributed by atoms with Crippen molar-refractivity contribution in [3.63, 3.8) is 0 Å². The third kappa shape index (κ3) is 2.00. The molecule has 0 aliphatic heterocycles. The van der Waals surface area contributed by atoms with Crippen LogP contribution in [0.4, 0.5) is 0 Å². The van der Waals surface area contributed by atoms with Gasteiger partial charge in [0, 0.05) is 11.4 Å². The number of nitrogens with zero attached hydrogens (tertiary/aromatic N) is 2. The number of hydrogen-bond acceptors (Lipinski definition) is 4. The van der Waals surface area contributed by atoms with Crippen LogP contribution >= 0.6 is 22.7 Å². The van der Waals surface area contributed by atoms with Gasteiger partial charge in [-0.1, -0.05) is 6.07 Å². The monoisotopic (exact) mass is 218 g/mol. The van der Waals surface area contributed by atoms with Gasteiger partial charge >= 0.3 is 0 Å². The molecule has 0 aromatic carbocycles. The molecule has 0 saturated heterocycles. The number of thiophene rings is 2. The lowest BCUT2D eigenvalue weighted by molar-refractivity contribution is 1.51. The van der Waals surface area contributed by atoms with Gasteiger partial charge in [-0.3, -0.25) is 0 Å². The first-order valence-electron chi connectivity index (χ1n) is 3.69. The van der Waals surface area contributed by atoms with Gasteiger partial charge in [0.15, 0.2) is 0 Å². The van der Waals surface area contributed by atoms with Crippen molar-refractivity contribution in [2.75, 3.05) is 0 Å². The van der Waals surface area contributed by atoms with Crippen LogP contribution in [0.5, 0.6) is 0 Å². The Hall–Kier alpha value is -1.62. The predicted molar refractivity (Wildman–Crippen MR) is 59.0 cm³/mol. The maximum absolute atomic E-state index is 8.77. The van der Waals surface area contributed by atoms with E-state index in [1.165, 1.54) is 4.88 Å². The van der Waals surface area contributed by atoms with E-state index in [2.05, 4.69) is 12.6 Å². The summed E-state index contributed by atoms with van der Waals surface area (Å²) in [6.07, 6.45) is 0. The lowest BCUT2D eigenvalue weighted by atomic mass is 10.2. The maximum Gasteiger partial charge on any atom is 0.101 e. The van der Waals surface area contributed by atoms with Gasteiger partial charge in [0.05, 0.1) is 10.4 Å². The highest BCUT2D eigenvalue weighted by Gasteiger charge is 2.05. The number of nitriles is 2. The molecule has 0 aliphatic rings. The standard InChI is InChI=1S/C9H5NS2.CHN/c10-6-7-3-5-12-9(7)8-2-1-4-11-8;1-2/h1-5H;1H. The van der Waals surface area contributed by atoms with Crippen LogP contribution in [0.1, 0.15) is 5.56 Å². The number of rotatable bonds is 1. The zero-order chi connectivity index (χ0) is 10.4. The lowest BCUT2D eigenvalue weighted by Crippen LogP contribution is -1.69. The fourth-order valence-corrected chi connectivity index (χ4v) is 2.73. The SMILES string of the molecule is C#N.N#Cc1ccsc1-c1cccs1. The smallest absolute Gasteiger partial charge is 0.101 e. The van der Waals surface area contributed by atoms with Gasteiger partial charge in [0.25, 0.3) is 0 Å². The van der Waals surface area contributed by atoms with Crippen LogP contribution in [-0.4, -0.2) is 0 Å². The Morgan fingerprint density at radius 2 is 1.93 bits per heavy atom. The highest BCUT2D eigenvalue weighted by Crippen LogP contribution is 2.32. The summed E-state index contributed by atoms with van der Waals surface area (Å²) in [5.74, 6) is 0. The van der Waals surface area contributed by atoms with Gasteiger partial charge in [0.2, 0.25) is 0 Å². The van der Waals surface area contributed by atoms with Gasteiger partial charge in [-0.2, -0.15) is 5.26 Å². The first-order chi connectivity index (χ1) is 6.92. The van der Waals surface area contributed by atoms with Gasteiger partial charge in [-0.15, -0.1) is 22.7 Å². The van der Waals surface area contributed by atoms with E-state index in [-0.39, 0.29) is 0 Å². The van der Waals surface area contributed by atoms with E-state index in [1.54, 1.807) is 22.7 Å². The van der Waals surface area contributed by atoms with Gasteiger partial charge in [-0.05, 0) is 22.9 Å². The first kappa shape index (κ1) is 10.5. The van der Waals surface area contributed by atoms with E-state index in [4.69, 9.17) is 10.5 Å². The Balaban J connectivity index is 0.000000461. The van der Waals surface area contributed by atoms with Gasteiger partial charge < -0.3 is 0 Å². The summed E-state index contributed by atoms with van der Waals surface area (Å²) in [5.41, 5.74) is 0.780. The van der Waals surface area contributed by atoms with Gasteiger partial charge in [-0.25, -0.2) is 5.26 Å². The molecule has 0 saturated carbocycles. The van der Waals surface area contributed by atoms with Gasteiger partial charge in [0.1, 0.15) is 6.07 Å². The van der Waals surface area contributed by atoms with Crippen molar-refractivity contribution < 1.29 is 0 Å². The van der Waals surface area contributed by atoms with E-state index in [0.717, 1.165) is 10.4 Å². The normalized spacial score (nSPS) is 8.36. The summed E-state index contributed by atoms with van der Waals surface area (Å²) in [4.78, 5) is 2.27. The molecule has 0 fully saturated rings. The van der Waals surface area contributed by atoms with E-state index >= 15 is 0 Å². The Labute approximate surface area is 90.3 Å². The van der Waals surface area contributed by atoms with E-state index in [9.17, 15) is 0 Å². The summed E-state index contributed by atoms with van der Waals surface area (Å²) in [6, 6.07) is 8.08. The van der Waals surface area contributed by atoms with Crippen LogP contribution in [0.25, 0.3) is 9.75 Å². The minimum Gasteiger partial charge on any atom is -0.202 e. The van der Waals surface area contributed by atoms with Crippen LogP contribution in [-0.2, 0) is 0 Å². The van der Waals surface area contributed by atoms with Crippen LogP contribution in [0, 0.1) is 23.2 Å². The van der Waals surface area contributed by atoms with Crippen LogP contribution in [0.3, 0.4) is 0 Å². The Bertz CT molecular complexity index is 446. The third-order valence-electron chi connectivity index (χ3n) is 1.53. The molecule has 0 spiro atoms. The zero-order valence-corrected chi connectivity index (χ0v) is 8.81. The van der Waals surface area contributed by atoms with E-state index < -0.39 is 0 Å². The van der Waals surface area contributed by atoms with Crippen molar-refractivity contribution in [2.45, 2.75) is 0 Å². The topological polar surface area (TPSA) is 47.6 Å². The molecule has 0 radical (unpaired) electrons. The van der Waals surface area contributed by atoms with Crippen molar-refractivity contribution in [3.05, 3.63) is 34.5 Å². The van der Waals surface area contributed by atoms with E-state index in [1.807, 2.05) is 29.0 Å². The van der Waals surface area contributed by atoms with Crippen LogP contribution in [0.15, 0.2) is 29.0 Å². The molecule has 0 N–H and O–H groups in total. The molecule has 0 unspecified atom stereocenters. The second-order valence-electron chi connectivity index (χ2n) is 2.25. The molecule has 4 heteroatoms. The molecule has 2 aromatic rings. The molecule has 2 aromatic heterocycles. The van der Waals surface area contributed by atoms with Crippen molar-refractivity contribution >= 4 is 22.7 Å². The van der Waals surface area contributed by atoms with Crippen molar-refractivity contribution in [3.8, 4) is 22.4 Å². The fraction of sp³-hybridized carbons (Fsp3) is 0. The molecule has 0 aliphatic carbocycles. The summed E-state index contributed by atoms with van der Waals surface area (Å²) >= 11 is 3.29. The highest BCUT2D eigenvalue weighted by molar-refractivity contribution is 7.20. The average molecular weight is 218 g/mol. The molecule has 2 heterocycles. The molecule has 2 nitrogen and oxygen atoms in total. The van der Waals surface area contributed by atoms with Crippen molar-refractivity contribution in [1.29, 1.82) is 10.5 Å². The fourth-order valence-electron chi connectivity index (χ4n) is 0.996. The summed E-state index contributed by atoms with van der Waals surface area (Å²) in [6.45, 7) is 3.50. The molecule has 2 rings (SSSR count). The Morgan fingerprint density at radius 3 is 2.50 bits per heavy atom. The third-order valence-corrected chi connectivity index (χ3v) is 3.49. The molecular weight excluding hydrogens is 212 g/mol. The number of hydrogen-bond donors (Lipinski definition) is 0. The summed E-state index contributed by atoms with van der Waals surface area (Å²) in [5, 5.41) is 19.2. The average Bonchev–Trinajstić information content (AvgIpc) is 2.91.